The van der Waals surface area contributed by atoms with Gasteiger partial charge in [0.1, 0.15) is 16.6 Å². The van der Waals surface area contributed by atoms with Gasteiger partial charge in [0.15, 0.2) is 5.13 Å². The number of carbonyl (C=O) groups is 2. The van der Waals surface area contributed by atoms with Crippen molar-refractivity contribution in [3.05, 3.63) is 69.0 Å². The molecule has 38 heavy (non-hydrogen) atoms. The summed E-state index contributed by atoms with van der Waals surface area (Å²) < 4.78 is 33.2. The number of aryl methyl sites for hydroxylation is 2. The van der Waals surface area contributed by atoms with E-state index in [-0.39, 0.29) is 29.4 Å². The van der Waals surface area contributed by atoms with Crippen LogP contribution < -0.4 is 10.1 Å². The fourth-order valence-electron chi connectivity index (χ4n) is 4.20. The van der Waals surface area contributed by atoms with Gasteiger partial charge in [-0.1, -0.05) is 22.9 Å². The Balaban J connectivity index is 1.36. The largest absolute Gasteiger partial charge is 0.494 e. The number of alkyl halides is 2. The highest BCUT2D eigenvalue weighted by atomic mass is 35.5. The van der Waals surface area contributed by atoms with Crippen molar-refractivity contribution in [3.63, 3.8) is 0 Å². The van der Waals surface area contributed by atoms with Crippen LogP contribution in [0.2, 0.25) is 5.15 Å². The molecule has 4 aromatic heterocycles. The van der Waals surface area contributed by atoms with Gasteiger partial charge in [0.25, 0.3) is 18.2 Å². The van der Waals surface area contributed by atoms with E-state index < -0.39 is 23.9 Å². The van der Waals surface area contributed by atoms with Crippen molar-refractivity contribution in [2.75, 3.05) is 12.4 Å². The summed E-state index contributed by atoms with van der Waals surface area (Å²) in [5, 5.41) is 7.17. The lowest BCUT2D eigenvalue weighted by Crippen LogP contribution is -2.26. The minimum atomic E-state index is -2.83. The minimum Gasteiger partial charge on any atom is -0.494 e. The summed E-state index contributed by atoms with van der Waals surface area (Å²) in [6.07, 6.45) is 1.25. The Morgan fingerprint density at radius 3 is 2.63 bits per heavy atom. The van der Waals surface area contributed by atoms with Gasteiger partial charge in [-0.25, -0.2) is 18.7 Å². The third-order valence-electron chi connectivity index (χ3n) is 6.01. The average molecular weight is 560 g/mol. The summed E-state index contributed by atoms with van der Waals surface area (Å²) in [5.41, 5.74) is 2.12. The van der Waals surface area contributed by atoms with Crippen molar-refractivity contribution in [1.82, 2.24) is 29.6 Å². The highest BCUT2D eigenvalue weighted by molar-refractivity contribution is 7.16. The monoisotopic (exact) mass is 559 g/mol. The number of pyridine rings is 2. The topological polar surface area (TPSA) is 115 Å². The number of halogens is 3. The zero-order valence-corrected chi connectivity index (χ0v) is 21.9. The number of rotatable bonds is 6. The molecular weight excluding hydrogens is 540 g/mol. The van der Waals surface area contributed by atoms with Gasteiger partial charge >= 0.3 is 0 Å². The fraction of sp³-hybridized carbons (Fsp3) is 0.250. The van der Waals surface area contributed by atoms with Crippen molar-refractivity contribution in [3.8, 4) is 16.9 Å². The molecule has 0 atom stereocenters. The molecule has 0 spiro atoms. The Morgan fingerprint density at radius 2 is 1.92 bits per heavy atom. The van der Waals surface area contributed by atoms with Crippen LogP contribution in [-0.2, 0) is 20.1 Å². The maximum atomic E-state index is 13.4. The van der Waals surface area contributed by atoms with Gasteiger partial charge in [-0.3, -0.25) is 24.6 Å². The molecule has 5 heterocycles. The van der Waals surface area contributed by atoms with Crippen LogP contribution >= 0.6 is 22.9 Å². The standard InChI is InChI=1S/C24H20ClF2N7O3S/c1-11-4-12(13-5-19(25)29-8-17(13)37-3)14(6-28-11)22(35)32-24-31-16-9-34(10-18(16)38-24)23(36)15-7-30-33(2)20(15)21(26)27/h4-8,21H,9-10H2,1-3H3,(H,31,32,35). The Labute approximate surface area is 224 Å². The number of amides is 2. The van der Waals surface area contributed by atoms with Crippen molar-refractivity contribution in [1.29, 1.82) is 0 Å². The molecule has 1 N–H and O–H groups in total. The van der Waals surface area contributed by atoms with E-state index in [0.717, 1.165) is 15.8 Å². The van der Waals surface area contributed by atoms with Crippen LogP contribution in [-0.4, -0.2) is 48.6 Å². The Kier molecular flexibility index (Phi) is 6.80. The molecule has 0 bridgehead atoms. The molecule has 10 nitrogen and oxygen atoms in total. The predicted octanol–water partition coefficient (Wildman–Crippen LogP) is 4.65. The first kappa shape index (κ1) is 25.7. The normalized spacial score (nSPS) is 12.7. The van der Waals surface area contributed by atoms with E-state index in [9.17, 15) is 18.4 Å². The first-order chi connectivity index (χ1) is 18.2. The molecule has 0 saturated carbocycles. The van der Waals surface area contributed by atoms with Crippen molar-refractivity contribution < 1.29 is 23.1 Å². The summed E-state index contributed by atoms with van der Waals surface area (Å²) in [5.74, 6) is -0.556. The van der Waals surface area contributed by atoms with Crippen LogP contribution in [0.5, 0.6) is 5.75 Å². The first-order valence-corrected chi connectivity index (χ1v) is 12.4. The van der Waals surface area contributed by atoms with E-state index in [1.54, 1.807) is 19.1 Å². The number of hydrogen-bond donors (Lipinski definition) is 1. The van der Waals surface area contributed by atoms with Crippen LogP contribution in [0.4, 0.5) is 13.9 Å². The number of hydrogen-bond acceptors (Lipinski definition) is 8. The van der Waals surface area contributed by atoms with Crippen LogP contribution in [0.1, 0.15) is 49.1 Å². The molecule has 196 valence electrons. The summed E-state index contributed by atoms with van der Waals surface area (Å²) in [6, 6.07) is 3.36. The van der Waals surface area contributed by atoms with Crippen LogP contribution in [0, 0.1) is 6.92 Å². The van der Waals surface area contributed by atoms with Gasteiger partial charge in [0.2, 0.25) is 0 Å². The van der Waals surface area contributed by atoms with Gasteiger partial charge < -0.3 is 9.64 Å². The number of carbonyl (C=O) groups excluding carboxylic acids is 2. The van der Waals surface area contributed by atoms with Gasteiger partial charge in [-0.2, -0.15) is 5.10 Å². The van der Waals surface area contributed by atoms with Crippen molar-refractivity contribution >= 4 is 39.9 Å². The third kappa shape index (κ3) is 4.70. The summed E-state index contributed by atoms with van der Waals surface area (Å²) >= 11 is 7.31. The molecule has 0 fully saturated rings. The van der Waals surface area contributed by atoms with Crippen molar-refractivity contribution in [2.24, 2.45) is 7.05 Å². The number of thiazole rings is 1. The lowest BCUT2D eigenvalue weighted by molar-refractivity contribution is 0.0736. The summed E-state index contributed by atoms with van der Waals surface area (Å²) in [4.78, 5) is 41.1. The maximum Gasteiger partial charge on any atom is 0.280 e. The number of anilines is 1. The summed E-state index contributed by atoms with van der Waals surface area (Å²) in [7, 11) is 2.86. The first-order valence-electron chi connectivity index (χ1n) is 11.2. The molecule has 0 unspecified atom stereocenters. The quantitative estimate of drug-likeness (QED) is 0.342. The third-order valence-corrected chi connectivity index (χ3v) is 7.22. The SMILES string of the molecule is COc1cnc(Cl)cc1-c1cc(C)ncc1C(=O)Nc1nc2c(s1)CN(C(=O)c1cnn(C)c1C(F)F)C2. The molecule has 1 aliphatic heterocycles. The zero-order chi connectivity index (χ0) is 27.1. The van der Waals surface area contributed by atoms with E-state index in [1.807, 2.05) is 0 Å². The number of methoxy groups -OCH3 is 1. The molecule has 1 aliphatic rings. The van der Waals surface area contributed by atoms with Crippen molar-refractivity contribution in [2.45, 2.75) is 26.4 Å². The Hall–Kier alpha value is -3.97. The second-order valence-corrected chi connectivity index (χ2v) is 9.92. The van der Waals surface area contributed by atoms with Crippen LogP contribution in [0.3, 0.4) is 0 Å². The number of ether oxygens (including phenoxy) is 1. The van der Waals surface area contributed by atoms with E-state index in [2.05, 4.69) is 25.4 Å². The van der Waals surface area contributed by atoms with Crippen LogP contribution in [0.25, 0.3) is 11.1 Å². The average Bonchev–Trinajstić information content (AvgIpc) is 3.56. The van der Waals surface area contributed by atoms with E-state index >= 15 is 0 Å². The van der Waals surface area contributed by atoms with E-state index in [1.165, 1.54) is 42.8 Å². The van der Waals surface area contributed by atoms with Gasteiger partial charge in [0, 0.05) is 30.1 Å². The number of aromatic nitrogens is 5. The molecule has 0 aromatic carbocycles. The Morgan fingerprint density at radius 1 is 1.13 bits per heavy atom. The minimum absolute atomic E-state index is 0.127. The molecule has 0 aliphatic carbocycles. The second-order valence-electron chi connectivity index (χ2n) is 8.45. The number of nitrogens with zero attached hydrogens (tertiary/aromatic N) is 6. The second kappa shape index (κ2) is 10.1. The number of fused-ring (bicyclic) bond motifs is 1. The fourth-order valence-corrected chi connectivity index (χ4v) is 5.34. The Bertz CT molecular complexity index is 1550. The van der Waals surface area contributed by atoms with Gasteiger partial charge in [-0.15, -0.1) is 0 Å². The van der Waals surface area contributed by atoms with E-state index in [4.69, 9.17) is 16.3 Å². The molecule has 2 amide bonds. The smallest absolute Gasteiger partial charge is 0.280 e. The van der Waals surface area contributed by atoms with E-state index in [0.29, 0.717) is 33.4 Å². The maximum absolute atomic E-state index is 13.4. The number of nitrogens with one attached hydrogen (secondary N) is 1. The van der Waals surface area contributed by atoms with Gasteiger partial charge in [0.05, 0.1) is 54.3 Å². The molecule has 0 radical (unpaired) electrons. The molecular formula is C24H20ClF2N7O3S. The predicted molar refractivity (Wildman–Crippen MR) is 136 cm³/mol. The highest BCUT2D eigenvalue weighted by Gasteiger charge is 2.32. The van der Waals surface area contributed by atoms with Crippen LogP contribution in [0.15, 0.2) is 30.7 Å². The lowest BCUT2D eigenvalue weighted by atomic mass is 10.0. The summed E-state index contributed by atoms with van der Waals surface area (Å²) in [6.45, 7) is 2.11. The van der Waals surface area contributed by atoms with Gasteiger partial charge in [-0.05, 0) is 19.1 Å². The molecule has 4 aromatic rings. The lowest BCUT2D eigenvalue weighted by Gasteiger charge is -2.16. The molecule has 0 saturated heterocycles. The molecule has 14 heteroatoms. The zero-order valence-electron chi connectivity index (χ0n) is 20.3. The molecule has 5 rings (SSSR count). The highest BCUT2D eigenvalue weighted by Crippen LogP contribution is 2.36.